The van der Waals surface area contributed by atoms with Crippen LogP contribution in [0.3, 0.4) is 0 Å². The average molecular weight is 558 g/mol. The summed E-state index contributed by atoms with van der Waals surface area (Å²) in [6.45, 7) is 6.76. The van der Waals surface area contributed by atoms with E-state index < -0.39 is 12.0 Å². The van der Waals surface area contributed by atoms with Crippen molar-refractivity contribution in [3.05, 3.63) is 47.8 Å². The third-order valence-electron chi connectivity index (χ3n) is 7.27. The van der Waals surface area contributed by atoms with Crippen LogP contribution in [0.4, 0.5) is 23.8 Å². The standard InChI is InChI=1S/C27H30F3N7O3/c1-25(2,3)40-24(38)35-9-8-26(16-35)10-19(11-26)37-23(32)20(12-31)22(34-37)18-13-33-36(15-18)14-17-6-4-5-7-21(17)39-27(28,29)30/h4-7,13,15,19H,8-11,14,16,32H2,1-3H3/t19-,26-. The number of nitrogen functional groups attached to an aromatic ring is 1. The minimum Gasteiger partial charge on any atom is -0.444 e. The molecule has 212 valence electrons. The molecule has 2 fully saturated rings. The van der Waals surface area contributed by atoms with E-state index in [1.165, 1.54) is 29.1 Å². The quantitative estimate of drug-likeness (QED) is 0.462. The number of benzene rings is 1. The van der Waals surface area contributed by atoms with E-state index in [-0.39, 0.29) is 46.8 Å². The Balaban J connectivity index is 1.30. The number of halogens is 3. The summed E-state index contributed by atoms with van der Waals surface area (Å²) in [5.74, 6) is -0.0645. The van der Waals surface area contributed by atoms with E-state index >= 15 is 0 Å². The molecular formula is C27H30F3N7O3. The zero-order valence-corrected chi connectivity index (χ0v) is 22.4. The Morgan fingerprint density at radius 1 is 1.25 bits per heavy atom. The fourth-order valence-electron chi connectivity index (χ4n) is 5.51. The highest BCUT2D eigenvalue weighted by Crippen LogP contribution is 2.55. The maximum absolute atomic E-state index is 12.8. The van der Waals surface area contributed by atoms with Crippen LogP contribution in [-0.2, 0) is 11.3 Å². The highest BCUT2D eigenvalue weighted by atomic mass is 19.4. The number of nitriles is 1. The van der Waals surface area contributed by atoms with Gasteiger partial charge in [0, 0.05) is 30.4 Å². The van der Waals surface area contributed by atoms with Gasteiger partial charge in [0.2, 0.25) is 0 Å². The SMILES string of the molecule is CC(C)(C)OC(=O)N1CC[C@]2(C1)C[C@H](n1nc(-c3cnn(Cc4ccccc4OC(F)(F)F)c3)c(C#N)c1N)C2. The van der Waals surface area contributed by atoms with Gasteiger partial charge in [-0.05, 0) is 51.5 Å². The number of likely N-dealkylation sites (tertiary alicyclic amines) is 1. The number of ether oxygens (including phenoxy) is 2. The number of carbonyl (C=O) groups is 1. The highest BCUT2D eigenvalue weighted by Gasteiger charge is 2.51. The van der Waals surface area contributed by atoms with Crippen molar-refractivity contribution in [3.63, 3.8) is 0 Å². The molecule has 0 atom stereocenters. The van der Waals surface area contributed by atoms with Crippen LogP contribution in [0.15, 0.2) is 36.7 Å². The molecule has 3 heterocycles. The number of amides is 1. The second-order valence-corrected chi connectivity index (χ2v) is 11.5. The monoisotopic (exact) mass is 557 g/mol. The molecule has 10 nitrogen and oxygen atoms in total. The van der Waals surface area contributed by atoms with Gasteiger partial charge in [0.1, 0.15) is 34.5 Å². The molecule has 1 saturated heterocycles. The predicted octanol–water partition coefficient (Wildman–Crippen LogP) is 5.11. The van der Waals surface area contributed by atoms with Crippen LogP contribution in [0.2, 0.25) is 0 Å². The molecule has 5 rings (SSSR count). The van der Waals surface area contributed by atoms with Gasteiger partial charge in [-0.2, -0.15) is 15.5 Å². The number of aromatic nitrogens is 4. The van der Waals surface area contributed by atoms with E-state index in [9.17, 15) is 23.2 Å². The van der Waals surface area contributed by atoms with Gasteiger partial charge >= 0.3 is 12.5 Å². The Bertz CT molecular complexity index is 1460. The van der Waals surface area contributed by atoms with Crippen LogP contribution in [0.5, 0.6) is 5.75 Å². The van der Waals surface area contributed by atoms with Crippen LogP contribution in [0, 0.1) is 16.7 Å². The molecule has 0 radical (unpaired) electrons. The van der Waals surface area contributed by atoms with Crippen molar-refractivity contribution in [2.75, 3.05) is 18.8 Å². The van der Waals surface area contributed by atoms with Crippen molar-refractivity contribution >= 4 is 11.9 Å². The van der Waals surface area contributed by atoms with E-state index in [2.05, 4.69) is 21.0 Å². The summed E-state index contributed by atoms with van der Waals surface area (Å²) in [5, 5.41) is 18.7. The second kappa shape index (κ2) is 9.76. The van der Waals surface area contributed by atoms with Crippen molar-refractivity contribution in [1.82, 2.24) is 24.5 Å². The first-order chi connectivity index (χ1) is 18.8. The number of hydrogen-bond donors (Lipinski definition) is 1. The van der Waals surface area contributed by atoms with Gasteiger partial charge in [-0.3, -0.25) is 4.68 Å². The molecule has 1 aliphatic carbocycles. The van der Waals surface area contributed by atoms with Crippen molar-refractivity contribution in [1.29, 1.82) is 5.26 Å². The first-order valence-corrected chi connectivity index (χ1v) is 12.9. The summed E-state index contributed by atoms with van der Waals surface area (Å²) < 4.78 is 51.2. The predicted molar refractivity (Wildman–Crippen MR) is 138 cm³/mol. The maximum Gasteiger partial charge on any atom is 0.573 e. The summed E-state index contributed by atoms with van der Waals surface area (Å²) >= 11 is 0. The summed E-state index contributed by atoms with van der Waals surface area (Å²) in [6, 6.07) is 7.93. The lowest BCUT2D eigenvalue weighted by molar-refractivity contribution is -0.274. The molecule has 1 spiro atoms. The van der Waals surface area contributed by atoms with Crippen LogP contribution in [0.25, 0.3) is 11.3 Å². The Labute approximate surface area is 229 Å². The minimum absolute atomic E-state index is 0.0175. The summed E-state index contributed by atoms with van der Waals surface area (Å²) in [6.07, 6.45) is 0.353. The number of para-hydroxylation sites is 1. The zero-order chi connectivity index (χ0) is 28.9. The number of carbonyl (C=O) groups excluding carboxylic acids is 1. The largest absolute Gasteiger partial charge is 0.573 e. The second-order valence-electron chi connectivity index (χ2n) is 11.5. The molecule has 1 aliphatic heterocycles. The number of rotatable bonds is 5. The topological polar surface area (TPSA) is 124 Å². The lowest BCUT2D eigenvalue weighted by Gasteiger charge is -2.45. The summed E-state index contributed by atoms with van der Waals surface area (Å²) in [5.41, 5.74) is 7.12. The third kappa shape index (κ3) is 5.57. The number of anilines is 1. The Hall–Kier alpha value is -4.21. The average Bonchev–Trinajstić information content (AvgIpc) is 3.54. The smallest absolute Gasteiger partial charge is 0.444 e. The Kier molecular flexibility index (Phi) is 6.68. The first-order valence-electron chi connectivity index (χ1n) is 12.9. The zero-order valence-electron chi connectivity index (χ0n) is 22.4. The van der Waals surface area contributed by atoms with E-state index in [0.717, 1.165) is 19.3 Å². The van der Waals surface area contributed by atoms with Gasteiger partial charge in [0.25, 0.3) is 0 Å². The minimum atomic E-state index is -4.82. The van der Waals surface area contributed by atoms with Crippen molar-refractivity contribution in [3.8, 4) is 23.1 Å². The molecular weight excluding hydrogens is 527 g/mol. The molecule has 2 aromatic heterocycles. The molecule has 3 aromatic rings. The number of nitrogens with two attached hydrogens (primary N) is 1. The molecule has 0 unspecified atom stereocenters. The summed E-state index contributed by atoms with van der Waals surface area (Å²) in [7, 11) is 0. The van der Waals surface area contributed by atoms with Crippen LogP contribution >= 0.6 is 0 Å². The van der Waals surface area contributed by atoms with Crippen LogP contribution in [-0.4, -0.2) is 55.6 Å². The van der Waals surface area contributed by atoms with Gasteiger partial charge in [0.05, 0.1) is 18.8 Å². The molecule has 1 saturated carbocycles. The molecule has 1 amide bonds. The van der Waals surface area contributed by atoms with E-state index in [1.807, 2.05) is 20.8 Å². The van der Waals surface area contributed by atoms with E-state index in [0.29, 0.717) is 24.3 Å². The van der Waals surface area contributed by atoms with Gasteiger partial charge in [-0.1, -0.05) is 18.2 Å². The Morgan fingerprint density at radius 3 is 2.65 bits per heavy atom. The summed E-state index contributed by atoms with van der Waals surface area (Å²) in [4.78, 5) is 14.2. The number of alkyl halides is 3. The van der Waals surface area contributed by atoms with Gasteiger partial charge in [-0.25, -0.2) is 9.48 Å². The first kappa shape index (κ1) is 27.4. The fraction of sp³-hybridized carbons (Fsp3) is 0.481. The molecule has 2 N–H and O–H groups in total. The van der Waals surface area contributed by atoms with Crippen LogP contribution < -0.4 is 10.5 Å². The molecule has 2 aliphatic rings. The molecule has 40 heavy (non-hydrogen) atoms. The van der Waals surface area contributed by atoms with Crippen molar-refractivity contribution in [2.45, 2.75) is 64.6 Å². The lowest BCUT2D eigenvalue weighted by Crippen LogP contribution is -2.43. The van der Waals surface area contributed by atoms with Crippen LogP contribution in [0.1, 0.15) is 57.2 Å². The van der Waals surface area contributed by atoms with Gasteiger partial charge < -0.3 is 20.1 Å². The van der Waals surface area contributed by atoms with E-state index in [4.69, 9.17) is 10.5 Å². The molecule has 1 aromatic carbocycles. The number of hydrogen-bond acceptors (Lipinski definition) is 7. The maximum atomic E-state index is 12.8. The van der Waals surface area contributed by atoms with E-state index in [1.54, 1.807) is 21.8 Å². The normalized spacial score (nSPS) is 20.8. The van der Waals surface area contributed by atoms with Gasteiger partial charge in [-0.15, -0.1) is 13.2 Å². The van der Waals surface area contributed by atoms with Gasteiger partial charge in [0.15, 0.2) is 0 Å². The fourth-order valence-corrected chi connectivity index (χ4v) is 5.51. The lowest BCUT2D eigenvalue weighted by atomic mass is 9.65. The van der Waals surface area contributed by atoms with Crippen molar-refractivity contribution in [2.24, 2.45) is 5.41 Å². The number of nitrogens with zero attached hydrogens (tertiary/aromatic N) is 6. The third-order valence-corrected chi connectivity index (χ3v) is 7.27. The molecule has 0 bridgehead atoms. The molecule has 13 heteroatoms. The highest BCUT2D eigenvalue weighted by molar-refractivity contribution is 5.72. The van der Waals surface area contributed by atoms with Crippen molar-refractivity contribution < 1.29 is 27.4 Å². The Morgan fingerprint density at radius 2 is 1.98 bits per heavy atom.